The Morgan fingerprint density at radius 3 is 2.11 bits per heavy atom. The van der Waals surface area contributed by atoms with E-state index >= 15 is 0 Å². The van der Waals surface area contributed by atoms with Gasteiger partial charge in [-0.15, -0.1) is 0 Å². The van der Waals surface area contributed by atoms with E-state index in [1.165, 1.54) is 19.1 Å². The average Bonchev–Trinajstić information content (AvgIpc) is 2.88. The van der Waals surface area contributed by atoms with E-state index < -0.39 is 10.7 Å². The van der Waals surface area contributed by atoms with Crippen molar-refractivity contribution in [2.24, 2.45) is 0 Å². The SMILES string of the molecule is CC(=O)N1CCN(c2ccc(C(=O)N3CCN(c4cccc(F)c4C#N)CC3)cc2[N+](=O)[O-])CC1. The van der Waals surface area contributed by atoms with Crippen LogP contribution in [0.5, 0.6) is 0 Å². The first kappa shape index (κ1) is 23.9. The summed E-state index contributed by atoms with van der Waals surface area (Å²) in [6.07, 6.45) is 0. The van der Waals surface area contributed by atoms with Gasteiger partial charge in [0.05, 0.1) is 10.6 Å². The fourth-order valence-corrected chi connectivity index (χ4v) is 4.55. The van der Waals surface area contributed by atoms with Crippen LogP contribution in [0.4, 0.5) is 21.5 Å². The number of carbonyl (C=O) groups excluding carboxylic acids is 2. The van der Waals surface area contributed by atoms with Crippen LogP contribution in [0, 0.1) is 27.3 Å². The lowest BCUT2D eigenvalue weighted by Crippen LogP contribution is -2.49. The molecule has 2 aromatic rings. The summed E-state index contributed by atoms with van der Waals surface area (Å²) in [6.45, 7) is 4.90. The molecule has 0 bridgehead atoms. The highest BCUT2D eigenvalue weighted by atomic mass is 19.1. The number of hydrogen-bond donors (Lipinski definition) is 0. The molecule has 35 heavy (non-hydrogen) atoms. The topological polar surface area (TPSA) is 114 Å². The Hall–Kier alpha value is -4.20. The average molecular weight is 481 g/mol. The Morgan fingerprint density at radius 2 is 1.54 bits per heavy atom. The normalized spacial score (nSPS) is 16.1. The maximum atomic E-state index is 14.0. The van der Waals surface area contributed by atoms with Crippen LogP contribution in [0.3, 0.4) is 0 Å². The van der Waals surface area contributed by atoms with Gasteiger partial charge < -0.3 is 19.6 Å². The standard InChI is InChI=1S/C24H25FN6O4/c1-17(32)27-7-9-29(10-8-27)22-6-5-18(15-23(22)31(34)35)24(33)30-13-11-28(12-14-30)21-4-2-3-20(25)19(21)16-26/h2-6,15H,7-14H2,1H3. The molecule has 0 saturated carbocycles. The number of nitro benzene ring substituents is 1. The number of hydrogen-bond acceptors (Lipinski definition) is 7. The van der Waals surface area contributed by atoms with Gasteiger partial charge in [0.25, 0.3) is 11.6 Å². The Morgan fingerprint density at radius 1 is 0.943 bits per heavy atom. The van der Waals surface area contributed by atoms with Crippen molar-refractivity contribution < 1.29 is 18.9 Å². The molecule has 0 atom stereocenters. The van der Waals surface area contributed by atoms with Crippen LogP contribution in [0.2, 0.25) is 0 Å². The quantitative estimate of drug-likeness (QED) is 0.487. The van der Waals surface area contributed by atoms with Crippen LogP contribution in [0.25, 0.3) is 0 Å². The molecular formula is C24H25FN6O4. The highest BCUT2D eigenvalue weighted by molar-refractivity contribution is 5.96. The molecule has 0 N–H and O–H groups in total. The number of nitro groups is 1. The van der Waals surface area contributed by atoms with E-state index in [-0.39, 0.29) is 28.6 Å². The smallest absolute Gasteiger partial charge is 0.293 e. The monoisotopic (exact) mass is 480 g/mol. The zero-order valence-electron chi connectivity index (χ0n) is 19.3. The van der Waals surface area contributed by atoms with Gasteiger partial charge in [0.15, 0.2) is 0 Å². The lowest BCUT2D eigenvalue weighted by molar-refractivity contribution is -0.384. The van der Waals surface area contributed by atoms with Gasteiger partial charge in [-0.05, 0) is 24.3 Å². The van der Waals surface area contributed by atoms with E-state index in [1.54, 1.807) is 34.1 Å². The van der Waals surface area contributed by atoms with Crippen molar-refractivity contribution in [1.82, 2.24) is 9.80 Å². The molecule has 4 rings (SSSR count). The molecule has 11 heteroatoms. The Labute approximate surface area is 201 Å². The van der Waals surface area contributed by atoms with Crippen LogP contribution >= 0.6 is 0 Å². The van der Waals surface area contributed by atoms with Gasteiger partial charge >= 0.3 is 0 Å². The van der Waals surface area contributed by atoms with Gasteiger partial charge in [-0.3, -0.25) is 19.7 Å². The molecule has 0 radical (unpaired) electrons. The second-order valence-electron chi connectivity index (χ2n) is 8.48. The van der Waals surface area contributed by atoms with Crippen molar-refractivity contribution in [3.8, 4) is 6.07 Å². The lowest BCUT2D eigenvalue weighted by Gasteiger charge is -2.37. The predicted octanol–water partition coefficient (Wildman–Crippen LogP) is 2.24. The van der Waals surface area contributed by atoms with Gasteiger partial charge in [0, 0.05) is 70.9 Å². The van der Waals surface area contributed by atoms with E-state index in [0.29, 0.717) is 63.7 Å². The minimum Gasteiger partial charge on any atom is -0.367 e. The zero-order valence-corrected chi connectivity index (χ0v) is 19.3. The van der Waals surface area contributed by atoms with E-state index in [1.807, 2.05) is 15.9 Å². The largest absolute Gasteiger partial charge is 0.367 e. The Kier molecular flexibility index (Phi) is 6.82. The van der Waals surface area contributed by atoms with Crippen molar-refractivity contribution in [3.63, 3.8) is 0 Å². The van der Waals surface area contributed by atoms with E-state index in [2.05, 4.69) is 0 Å². The number of rotatable bonds is 4. The Balaban J connectivity index is 1.46. The van der Waals surface area contributed by atoms with Crippen LogP contribution in [0.1, 0.15) is 22.8 Å². The summed E-state index contributed by atoms with van der Waals surface area (Å²) >= 11 is 0. The zero-order chi connectivity index (χ0) is 25.1. The van der Waals surface area contributed by atoms with Gasteiger partial charge in [0.2, 0.25) is 5.91 Å². The maximum Gasteiger partial charge on any atom is 0.293 e. The molecule has 2 saturated heterocycles. The minimum atomic E-state index is -0.585. The highest BCUT2D eigenvalue weighted by Gasteiger charge is 2.28. The first-order chi connectivity index (χ1) is 16.8. The van der Waals surface area contributed by atoms with E-state index in [4.69, 9.17) is 0 Å². The third kappa shape index (κ3) is 4.87. The van der Waals surface area contributed by atoms with Gasteiger partial charge in [-0.2, -0.15) is 5.26 Å². The van der Waals surface area contributed by atoms with Crippen molar-refractivity contribution in [1.29, 1.82) is 5.26 Å². The molecule has 2 aromatic carbocycles. The third-order valence-electron chi connectivity index (χ3n) is 6.50. The maximum absolute atomic E-state index is 14.0. The third-order valence-corrected chi connectivity index (χ3v) is 6.50. The molecule has 0 spiro atoms. The number of carbonyl (C=O) groups is 2. The first-order valence-corrected chi connectivity index (χ1v) is 11.3. The Bertz CT molecular complexity index is 1200. The first-order valence-electron chi connectivity index (χ1n) is 11.3. The van der Waals surface area contributed by atoms with Gasteiger partial charge in [-0.25, -0.2) is 4.39 Å². The number of nitriles is 1. The number of halogens is 1. The summed E-state index contributed by atoms with van der Waals surface area (Å²) in [5.74, 6) is -0.930. The van der Waals surface area contributed by atoms with Crippen LogP contribution in [-0.4, -0.2) is 78.9 Å². The van der Waals surface area contributed by atoms with Crippen molar-refractivity contribution in [3.05, 3.63) is 63.5 Å². The molecule has 2 heterocycles. The molecule has 10 nitrogen and oxygen atoms in total. The fourth-order valence-electron chi connectivity index (χ4n) is 4.55. The summed E-state index contributed by atoms with van der Waals surface area (Å²) < 4.78 is 14.0. The molecule has 0 aromatic heterocycles. The molecule has 2 aliphatic heterocycles. The second-order valence-corrected chi connectivity index (χ2v) is 8.48. The van der Waals surface area contributed by atoms with E-state index in [0.717, 1.165) is 0 Å². The number of benzene rings is 2. The molecular weight excluding hydrogens is 455 g/mol. The van der Waals surface area contributed by atoms with Gasteiger partial charge in [0.1, 0.15) is 23.1 Å². The van der Waals surface area contributed by atoms with Crippen LogP contribution < -0.4 is 9.80 Å². The highest BCUT2D eigenvalue weighted by Crippen LogP contribution is 2.31. The molecule has 2 fully saturated rings. The molecule has 2 amide bonds. The van der Waals surface area contributed by atoms with Crippen LogP contribution in [0.15, 0.2) is 36.4 Å². The van der Waals surface area contributed by atoms with Crippen molar-refractivity contribution in [2.45, 2.75) is 6.92 Å². The van der Waals surface area contributed by atoms with Crippen molar-refractivity contribution in [2.75, 3.05) is 62.2 Å². The molecule has 182 valence electrons. The number of piperazine rings is 2. The summed E-state index contributed by atoms with van der Waals surface area (Å²) in [7, 11) is 0. The fraction of sp³-hybridized carbons (Fsp3) is 0.375. The minimum absolute atomic E-state index is 0.0253. The summed E-state index contributed by atoms with van der Waals surface area (Å²) in [6, 6.07) is 10.8. The van der Waals surface area contributed by atoms with Gasteiger partial charge in [-0.1, -0.05) is 6.07 Å². The summed E-state index contributed by atoms with van der Waals surface area (Å²) in [4.78, 5) is 43.0. The summed E-state index contributed by atoms with van der Waals surface area (Å²) in [5, 5.41) is 21.1. The summed E-state index contributed by atoms with van der Waals surface area (Å²) in [5.41, 5.74) is 0.964. The number of amides is 2. The molecule has 0 unspecified atom stereocenters. The molecule has 0 aliphatic carbocycles. The van der Waals surface area contributed by atoms with Crippen molar-refractivity contribution >= 4 is 28.9 Å². The van der Waals surface area contributed by atoms with E-state index in [9.17, 15) is 29.4 Å². The second kappa shape index (κ2) is 9.97. The number of nitrogens with zero attached hydrogens (tertiary/aromatic N) is 6. The lowest BCUT2D eigenvalue weighted by atomic mass is 10.1. The molecule has 2 aliphatic rings. The van der Waals surface area contributed by atoms with Crippen LogP contribution in [-0.2, 0) is 4.79 Å². The predicted molar refractivity (Wildman–Crippen MR) is 127 cm³/mol. The number of anilines is 2.